The molecular formula is C36H35F3N4O5. The van der Waals surface area contributed by atoms with Gasteiger partial charge in [0.2, 0.25) is 5.91 Å². The molecule has 0 bridgehead atoms. The van der Waals surface area contributed by atoms with Gasteiger partial charge in [0.15, 0.2) is 0 Å². The highest BCUT2D eigenvalue weighted by atomic mass is 19.1. The quantitative estimate of drug-likeness (QED) is 0.223. The van der Waals surface area contributed by atoms with E-state index in [0.29, 0.717) is 16.9 Å². The molecule has 0 radical (unpaired) electrons. The fraction of sp³-hybridized carbons (Fsp3) is 0.278. The predicted octanol–water partition coefficient (Wildman–Crippen LogP) is 6.12. The van der Waals surface area contributed by atoms with Crippen molar-refractivity contribution in [1.82, 2.24) is 15.2 Å². The number of pyridine rings is 1. The minimum atomic E-state index is -1.04. The molecule has 0 aliphatic carbocycles. The van der Waals surface area contributed by atoms with Crippen molar-refractivity contribution >= 4 is 17.9 Å². The van der Waals surface area contributed by atoms with Crippen LogP contribution < -0.4 is 15.8 Å². The van der Waals surface area contributed by atoms with Gasteiger partial charge in [-0.25, -0.2) is 18.0 Å². The molecule has 250 valence electrons. The van der Waals surface area contributed by atoms with E-state index in [9.17, 15) is 27.6 Å². The molecule has 9 nitrogen and oxygen atoms in total. The van der Waals surface area contributed by atoms with Crippen molar-refractivity contribution in [3.8, 4) is 16.9 Å². The van der Waals surface area contributed by atoms with Crippen LogP contribution in [0.4, 0.5) is 18.0 Å². The van der Waals surface area contributed by atoms with Crippen molar-refractivity contribution in [2.24, 2.45) is 5.73 Å². The number of likely N-dealkylation sites (tertiary alicyclic amines) is 1. The molecule has 3 aromatic carbocycles. The average Bonchev–Trinajstić information content (AvgIpc) is 3.44. The fourth-order valence-corrected chi connectivity index (χ4v) is 5.61. The molecule has 1 saturated heterocycles. The van der Waals surface area contributed by atoms with Gasteiger partial charge in [-0.05, 0) is 80.8 Å². The van der Waals surface area contributed by atoms with E-state index < -0.39 is 59.1 Å². The number of aromatic nitrogens is 1. The van der Waals surface area contributed by atoms with Crippen LogP contribution in [0.1, 0.15) is 54.8 Å². The molecule has 3 amide bonds. The molecule has 48 heavy (non-hydrogen) atoms. The molecule has 0 saturated carbocycles. The topological polar surface area (TPSA) is 124 Å². The van der Waals surface area contributed by atoms with Crippen LogP contribution in [0.15, 0.2) is 85.1 Å². The number of ether oxygens (including phenoxy) is 2. The lowest BCUT2D eigenvalue weighted by Crippen LogP contribution is -2.48. The van der Waals surface area contributed by atoms with E-state index in [2.05, 4.69) is 10.3 Å². The van der Waals surface area contributed by atoms with E-state index in [1.54, 1.807) is 57.2 Å². The van der Waals surface area contributed by atoms with Crippen LogP contribution in [0.25, 0.3) is 11.1 Å². The lowest BCUT2D eigenvalue weighted by molar-refractivity contribution is -0.126. The monoisotopic (exact) mass is 660 g/mol. The van der Waals surface area contributed by atoms with Crippen LogP contribution in [0.2, 0.25) is 0 Å². The molecule has 1 aliphatic rings. The summed E-state index contributed by atoms with van der Waals surface area (Å²) in [6.45, 7) is 5.19. The lowest BCUT2D eigenvalue weighted by Gasteiger charge is -2.29. The van der Waals surface area contributed by atoms with Crippen LogP contribution in [0.5, 0.6) is 5.75 Å². The first-order chi connectivity index (χ1) is 22.8. The SMILES string of the molecule is CC(C)(C)OC(=O)N1C[C@@H](Oc2ccccc2)CC1C(=O)N[C@@H](Cc1cc(F)cc(F)c1)c1ncccc1-c1ccc(F)c(C(N)=O)c1. The third-order valence-electron chi connectivity index (χ3n) is 7.63. The van der Waals surface area contributed by atoms with E-state index in [4.69, 9.17) is 15.2 Å². The number of rotatable bonds is 9. The van der Waals surface area contributed by atoms with Crippen molar-refractivity contribution in [2.45, 2.75) is 57.4 Å². The number of nitrogens with two attached hydrogens (primary N) is 1. The van der Waals surface area contributed by atoms with Gasteiger partial charge in [-0.15, -0.1) is 0 Å². The highest BCUT2D eigenvalue weighted by Crippen LogP contribution is 2.32. The van der Waals surface area contributed by atoms with Crippen molar-refractivity contribution in [3.05, 3.63) is 119 Å². The molecule has 0 spiro atoms. The maximum absolute atomic E-state index is 14.4. The number of nitrogens with zero attached hydrogens (tertiary/aromatic N) is 2. The second-order valence-electron chi connectivity index (χ2n) is 12.5. The normalized spacial score (nSPS) is 16.7. The summed E-state index contributed by atoms with van der Waals surface area (Å²) in [5.74, 6) is -3.44. The first kappa shape index (κ1) is 34.0. The summed E-state index contributed by atoms with van der Waals surface area (Å²) >= 11 is 0. The molecular weight excluding hydrogens is 625 g/mol. The number of para-hydroxylation sites is 1. The maximum Gasteiger partial charge on any atom is 0.411 e. The molecule has 1 aromatic heterocycles. The summed E-state index contributed by atoms with van der Waals surface area (Å²) in [7, 11) is 0. The van der Waals surface area contributed by atoms with Gasteiger partial charge in [0, 0.05) is 24.2 Å². The summed E-state index contributed by atoms with van der Waals surface area (Å²) in [6.07, 6.45) is 0.209. The standard InChI is InChI=1S/C36H35F3N4O5/c1-36(2,3)48-35(46)43-20-26(47-25-8-5-4-6-9-25)19-31(43)34(45)42-30(16-21-14-23(37)18-24(38)15-21)32-27(10-7-13-41-32)22-11-12-29(39)28(17-22)33(40)44/h4-15,17-18,26,30-31H,16,19-20H2,1-3H3,(H2,40,44)(H,42,45)/t26-,30-,31?/m0/s1. The Balaban J connectivity index is 1.52. The van der Waals surface area contributed by atoms with E-state index in [1.807, 2.05) is 6.07 Å². The lowest BCUT2D eigenvalue weighted by atomic mass is 9.94. The van der Waals surface area contributed by atoms with Gasteiger partial charge in [-0.2, -0.15) is 0 Å². The molecule has 12 heteroatoms. The Morgan fingerprint density at radius 2 is 1.69 bits per heavy atom. The van der Waals surface area contributed by atoms with Gasteiger partial charge < -0.3 is 20.5 Å². The van der Waals surface area contributed by atoms with Gasteiger partial charge in [-0.3, -0.25) is 19.5 Å². The van der Waals surface area contributed by atoms with Crippen LogP contribution >= 0.6 is 0 Å². The summed E-state index contributed by atoms with van der Waals surface area (Å²) < 4.78 is 54.7. The third-order valence-corrected chi connectivity index (χ3v) is 7.63. The highest BCUT2D eigenvalue weighted by molar-refractivity contribution is 5.94. The zero-order valence-corrected chi connectivity index (χ0v) is 26.6. The Hall–Kier alpha value is -5.39. The molecule has 1 unspecified atom stereocenters. The van der Waals surface area contributed by atoms with Gasteiger partial charge in [0.25, 0.3) is 5.91 Å². The van der Waals surface area contributed by atoms with Crippen LogP contribution in [-0.4, -0.2) is 52.1 Å². The molecule has 5 rings (SSSR count). The van der Waals surface area contributed by atoms with Crippen molar-refractivity contribution < 1.29 is 37.0 Å². The molecule has 2 heterocycles. The Morgan fingerprint density at radius 1 is 0.979 bits per heavy atom. The average molecular weight is 661 g/mol. The van der Waals surface area contributed by atoms with Crippen molar-refractivity contribution in [3.63, 3.8) is 0 Å². The maximum atomic E-state index is 14.4. The predicted molar refractivity (Wildman–Crippen MR) is 171 cm³/mol. The number of primary amides is 1. The second-order valence-corrected chi connectivity index (χ2v) is 12.5. The molecule has 4 aromatic rings. The van der Waals surface area contributed by atoms with Gasteiger partial charge in [0.1, 0.15) is 40.9 Å². The van der Waals surface area contributed by atoms with E-state index in [-0.39, 0.29) is 36.2 Å². The number of halogens is 3. The summed E-state index contributed by atoms with van der Waals surface area (Å²) in [4.78, 5) is 45.2. The van der Waals surface area contributed by atoms with E-state index >= 15 is 0 Å². The van der Waals surface area contributed by atoms with Gasteiger partial charge in [0.05, 0.1) is 23.8 Å². The molecule has 3 atom stereocenters. The number of carbonyl (C=O) groups excluding carboxylic acids is 3. The zero-order chi connectivity index (χ0) is 34.6. The van der Waals surface area contributed by atoms with Crippen LogP contribution in [0.3, 0.4) is 0 Å². The third kappa shape index (κ3) is 8.30. The number of hydrogen-bond acceptors (Lipinski definition) is 6. The number of hydrogen-bond donors (Lipinski definition) is 2. The minimum absolute atomic E-state index is 0.0575. The number of nitrogens with one attached hydrogen (secondary N) is 1. The molecule has 1 fully saturated rings. The van der Waals surface area contributed by atoms with Crippen LogP contribution in [-0.2, 0) is 16.0 Å². The Bertz CT molecular complexity index is 1800. The summed E-state index contributed by atoms with van der Waals surface area (Å²) in [5, 5.41) is 2.94. The van der Waals surface area contributed by atoms with Gasteiger partial charge >= 0.3 is 6.09 Å². The Morgan fingerprint density at radius 3 is 2.35 bits per heavy atom. The first-order valence-electron chi connectivity index (χ1n) is 15.3. The zero-order valence-electron chi connectivity index (χ0n) is 26.6. The smallest absolute Gasteiger partial charge is 0.411 e. The van der Waals surface area contributed by atoms with E-state index in [0.717, 1.165) is 24.3 Å². The second kappa shape index (κ2) is 14.2. The summed E-state index contributed by atoms with van der Waals surface area (Å²) in [5.41, 5.74) is 5.44. The van der Waals surface area contributed by atoms with Crippen molar-refractivity contribution in [2.75, 3.05) is 6.54 Å². The molecule has 1 aliphatic heterocycles. The van der Waals surface area contributed by atoms with E-state index in [1.165, 1.54) is 23.2 Å². The Labute approximate surface area is 275 Å². The molecule has 3 N–H and O–H groups in total. The number of benzene rings is 3. The first-order valence-corrected chi connectivity index (χ1v) is 15.3. The van der Waals surface area contributed by atoms with Gasteiger partial charge in [-0.1, -0.05) is 30.3 Å². The minimum Gasteiger partial charge on any atom is -0.488 e. The van der Waals surface area contributed by atoms with Crippen molar-refractivity contribution in [1.29, 1.82) is 0 Å². The largest absolute Gasteiger partial charge is 0.488 e. The Kier molecular flexibility index (Phi) is 10.0. The number of carbonyl (C=O) groups is 3. The number of amides is 3. The highest BCUT2D eigenvalue weighted by Gasteiger charge is 2.43. The summed E-state index contributed by atoms with van der Waals surface area (Å²) in [6, 6.07) is 17.0. The van der Waals surface area contributed by atoms with Crippen LogP contribution in [0, 0.1) is 17.5 Å². The fourth-order valence-electron chi connectivity index (χ4n) is 5.61.